The maximum atomic E-state index is 12.2. The molecule has 0 radical (unpaired) electrons. The molecule has 0 saturated carbocycles. The molecule has 0 saturated heterocycles. The molecule has 0 atom stereocenters. The number of likely N-dealkylation sites (N-methyl/N-ethyl adjacent to an activating group) is 1. The van der Waals surface area contributed by atoms with Crippen molar-refractivity contribution in [2.24, 2.45) is 0 Å². The van der Waals surface area contributed by atoms with Gasteiger partial charge in [-0.2, -0.15) is 0 Å². The Bertz CT molecular complexity index is 710. The van der Waals surface area contributed by atoms with Crippen LogP contribution in [0.2, 0.25) is 0 Å². The van der Waals surface area contributed by atoms with E-state index in [-0.39, 0.29) is 18.4 Å². The smallest absolute Gasteiger partial charge is 0.244 e. The van der Waals surface area contributed by atoms with E-state index in [2.05, 4.69) is 10.3 Å². The van der Waals surface area contributed by atoms with Crippen LogP contribution in [0.25, 0.3) is 6.08 Å². The molecule has 1 heterocycles. The monoisotopic (exact) mass is 343 g/mol. The average Bonchev–Trinajstić information content (AvgIpc) is 3.02. The third-order valence-electron chi connectivity index (χ3n) is 3.41. The first-order valence-corrected chi connectivity index (χ1v) is 8.66. The van der Waals surface area contributed by atoms with Crippen LogP contribution in [0.15, 0.2) is 41.8 Å². The van der Waals surface area contributed by atoms with Gasteiger partial charge in [0, 0.05) is 24.5 Å². The Morgan fingerprint density at radius 3 is 2.67 bits per heavy atom. The molecule has 0 fully saturated rings. The van der Waals surface area contributed by atoms with Crippen molar-refractivity contribution in [1.82, 2.24) is 15.2 Å². The van der Waals surface area contributed by atoms with Crippen molar-refractivity contribution in [1.29, 1.82) is 0 Å². The number of hydrogen-bond donors (Lipinski definition) is 1. The predicted octanol–water partition coefficient (Wildman–Crippen LogP) is 2.63. The molecule has 24 heavy (non-hydrogen) atoms. The van der Waals surface area contributed by atoms with Crippen molar-refractivity contribution in [3.63, 3.8) is 0 Å². The Balaban J connectivity index is 1.82. The highest BCUT2D eigenvalue weighted by Gasteiger charge is 2.12. The number of benzene rings is 1. The molecule has 2 amide bonds. The number of aryl methyl sites for hydroxylation is 1. The van der Waals surface area contributed by atoms with Gasteiger partial charge in [0.25, 0.3) is 0 Å². The summed E-state index contributed by atoms with van der Waals surface area (Å²) in [6, 6.07) is 9.79. The third-order valence-corrected chi connectivity index (χ3v) is 4.20. The molecule has 6 heteroatoms. The van der Waals surface area contributed by atoms with Crippen molar-refractivity contribution in [2.45, 2.75) is 20.4 Å². The first-order valence-electron chi connectivity index (χ1n) is 7.78. The maximum absolute atomic E-state index is 12.2. The zero-order chi connectivity index (χ0) is 17.4. The van der Waals surface area contributed by atoms with Gasteiger partial charge in [0.15, 0.2) is 0 Å². The molecular formula is C18H21N3O2S. The Morgan fingerprint density at radius 2 is 2.04 bits per heavy atom. The molecule has 1 aromatic heterocycles. The van der Waals surface area contributed by atoms with Crippen molar-refractivity contribution in [3.8, 4) is 0 Å². The minimum Gasteiger partial charge on any atom is -0.343 e. The quantitative estimate of drug-likeness (QED) is 0.786. The zero-order valence-electron chi connectivity index (χ0n) is 13.9. The normalized spacial score (nSPS) is 10.8. The summed E-state index contributed by atoms with van der Waals surface area (Å²) in [5.41, 5.74) is 1.82. The molecule has 0 aliphatic carbocycles. The van der Waals surface area contributed by atoms with Gasteiger partial charge in [-0.05, 0) is 25.5 Å². The van der Waals surface area contributed by atoms with Gasteiger partial charge in [0.05, 0.1) is 17.2 Å². The second-order valence-corrected chi connectivity index (χ2v) is 6.30. The second-order valence-electron chi connectivity index (χ2n) is 5.24. The number of aromatic nitrogens is 1. The molecule has 1 aromatic carbocycles. The Labute approximate surface area is 146 Å². The molecule has 0 aliphatic heterocycles. The van der Waals surface area contributed by atoms with Crippen LogP contribution in [-0.2, 0) is 16.1 Å². The number of carbonyl (C=O) groups is 2. The van der Waals surface area contributed by atoms with Gasteiger partial charge < -0.3 is 10.2 Å². The third kappa shape index (κ3) is 5.62. The molecule has 0 aliphatic rings. The van der Waals surface area contributed by atoms with Gasteiger partial charge >= 0.3 is 0 Å². The molecule has 2 aromatic rings. The summed E-state index contributed by atoms with van der Waals surface area (Å²) < 4.78 is 0. The van der Waals surface area contributed by atoms with Crippen LogP contribution >= 0.6 is 11.3 Å². The van der Waals surface area contributed by atoms with Crippen LogP contribution in [0.3, 0.4) is 0 Å². The fraction of sp³-hybridized carbons (Fsp3) is 0.278. The number of rotatable bonds is 7. The largest absolute Gasteiger partial charge is 0.343 e. The standard InChI is InChI=1S/C18H21N3O2S/c1-3-21(12-15-7-5-4-6-8-15)18(23)11-19-17(22)10-9-16-13-24-14(2)20-16/h4-10,13H,3,11-12H2,1-2H3,(H,19,22)/b10-9+. The SMILES string of the molecule is CCN(Cc1ccccc1)C(=O)CNC(=O)/C=C/c1csc(C)n1. The summed E-state index contributed by atoms with van der Waals surface area (Å²) in [4.78, 5) is 30.0. The highest BCUT2D eigenvalue weighted by atomic mass is 32.1. The molecule has 2 rings (SSSR count). The van der Waals surface area contributed by atoms with E-state index >= 15 is 0 Å². The highest BCUT2D eigenvalue weighted by Crippen LogP contribution is 2.09. The molecule has 0 unspecified atom stereocenters. The Morgan fingerprint density at radius 1 is 1.29 bits per heavy atom. The van der Waals surface area contributed by atoms with Crippen molar-refractivity contribution >= 4 is 29.2 Å². The summed E-state index contributed by atoms with van der Waals surface area (Å²) in [6.07, 6.45) is 3.04. The van der Waals surface area contributed by atoms with Gasteiger partial charge in [0.1, 0.15) is 0 Å². The highest BCUT2D eigenvalue weighted by molar-refractivity contribution is 7.09. The second kappa shape index (κ2) is 8.98. The van der Waals surface area contributed by atoms with E-state index in [1.165, 1.54) is 17.4 Å². The lowest BCUT2D eigenvalue weighted by atomic mass is 10.2. The van der Waals surface area contributed by atoms with Crippen molar-refractivity contribution in [3.05, 3.63) is 58.1 Å². The van der Waals surface area contributed by atoms with E-state index in [9.17, 15) is 9.59 Å². The minimum absolute atomic E-state index is 0.0139. The molecule has 5 nitrogen and oxygen atoms in total. The minimum atomic E-state index is -0.301. The number of nitrogens with zero attached hydrogens (tertiary/aromatic N) is 2. The lowest BCUT2D eigenvalue weighted by Crippen LogP contribution is -2.39. The summed E-state index contributed by atoms with van der Waals surface area (Å²) in [5.74, 6) is -0.405. The van der Waals surface area contributed by atoms with E-state index in [0.717, 1.165) is 16.3 Å². The molecular weight excluding hydrogens is 322 g/mol. The van der Waals surface area contributed by atoms with E-state index in [4.69, 9.17) is 0 Å². The van der Waals surface area contributed by atoms with Crippen LogP contribution in [0.1, 0.15) is 23.2 Å². The van der Waals surface area contributed by atoms with E-state index in [1.807, 2.05) is 49.6 Å². The number of thiazole rings is 1. The molecule has 1 N–H and O–H groups in total. The van der Waals surface area contributed by atoms with Crippen molar-refractivity contribution in [2.75, 3.05) is 13.1 Å². The van der Waals surface area contributed by atoms with Gasteiger partial charge in [-0.15, -0.1) is 11.3 Å². The molecule has 0 spiro atoms. The van der Waals surface area contributed by atoms with Gasteiger partial charge in [-0.1, -0.05) is 30.3 Å². The first-order chi connectivity index (χ1) is 11.6. The maximum Gasteiger partial charge on any atom is 0.244 e. The van der Waals surface area contributed by atoms with Crippen LogP contribution in [0.5, 0.6) is 0 Å². The van der Waals surface area contributed by atoms with Crippen molar-refractivity contribution < 1.29 is 9.59 Å². The van der Waals surface area contributed by atoms with Crippen LogP contribution < -0.4 is 5.32 Å². The van der Waals surface area contributed by atoms with Gasteiger partial charge in [-0.25, -0.2) is 4.98 Å². The summed E-state index contributed by atoms with van der Waals surface area (Å²) in [6.45, 7) is 4.96. The Hall–Kier alpha value is -2.47. The predicted molar refractivity (Wildman–Crippen MR) is 96.4 cm³/mol. The van der Waals surface area contributed by atoms with Crippen LogP contribution in [0, 0.1) is 6.92 Å². The average molecular weight is 343 g/mol. The fourth-order valence-corrected chi connectivity index (χ4v) is 2.71. The fourth-order valence-electron chi connectivity index (χ4n) is 2.13. The summed E-state index contributed by atoms with van der Waals surface area (Å²) in [7, 11) is 0. The number of nitrogens with one attached hydrogen (secondary N) is 1. The first kappa shape index (κ1) is 17.9. The van der Waals surface area contributed by atoms with Gasteiger partial charge in [0.2, 0.25) is 11.8 Å². The molecule has 126 valence electrons. The topological polar surface area (TPSA) is 62.3 Å². The molecule has 0 bridgehead atoms. The van der Waals surface area contributed by atoms with Crippen LogP contribution in [0.4, 0.5) is 0 Å². The zero-order valence-corrected chi connectivity index (χ0v) is 14.7. The Kier molecular flexibility index (Phi) is 6.69. The summed E-state index contributed by atoms with van der Waals surface area (Å²) in [5, 5.41) is 5.45. The van der Waals surface area contributed by atoms with Crippen LogP contribution in [-0.4, -0.2) is 34.8 Å². The van der Waals surface area contributed by atoms with Gasteiger partial charge in [-0.3, -0.25) is 9.59 Å². The van der Waals surface area contributed by atoms with E-state index < -0.39 is 0 Å². The lowest BCUT2D eigenvalue weighted by molar-refractivity contribution is -0.132. The number of hydrogen-bond acceptors (Lipinski definition) is 4. The number of amides is 2. The number of carbonyl (C=O) groups excluding carboxylic acids is 2. The lowest BCUT2D eigenvalue weighted by Gasteiger charge is -2.21. The van der Waals surface area contributed by atoms with E-state index in [0.29, 0.717) is 13.1 Å². The summed E-state index contributed by atoms with van der Waals surface area (Å²) >= 11 is 1.53. The van der Waals surface area contributed by atoms with E-state index in [1.54, 1.807) is 11.0 Å².